The summed E-state index contributed by atoms with van der Waals surface area (Å²) in [6.07, 6.45) is 2.41. The molecule has 0 radical (unpaired) electrons. The van der Waals surface area contributed by atoms with Crippen LogP contribution < -0.4 is 10.4 Å². The summed E-state index contributed by atoms with van der Waals surface area (Å²) in [5.74, 6) is 0. The number of hydrogen-bond acceptors (Lipinski definition) is 4. The third-order valence-corrected chi connectivity index (χ3v) is 9.23. The smallest absolute Gasteiger partial charge is 0.290 e. The Kier molecular flexibility index (Phi) is 6.17. The van der Waals surface area contributed by atoms with Gasteiger partial charge in [0.25, 0.3) is 5.56 Å². The van der Waals surface area contributed by atoms with Crippen molar-refractivity contribution >= 4 is 20.5 Å². The molecule has 0 saturated heterocycles. The Morgan fingerprint density at radius 3 is 2.36 bits per heavy atom. The van der Waals surface area contributed by atoms with Gasteiger partial charge in [-0.05, 0) is 36.8 Å². The highest BCUT2D eigenvalue weighted by atomic mass is 32.1. The zero-order valence-corrected chi connectivity index (χ0v) is 16.5. The Bertz CT molecular complexity index is 629. The van der Waals surface area contributed by atoms with Gasteiger partial charge in [0.1, 0.15) is 6.61 Å². The fourth-order valence-electron chi connectivity index (χ4n) is 1.70. The molecule has 0 N–H and O–H groups in total. The molecule has 0 aromatic carbocycles. The van der Waals surface area contributed by atoms with E-state index in [2.05, 4.69) is 33.9 Å². The quantitative estimate of drug-likeness (QED) is 0.452. The first kappa shape index (κ1) is 19.1. The second-order valence-electron chi connectivity index (χ2n) is 6.94. The first-order valence-electron chi connectivity index (χ1n) is 7.60. The molecule has 1 heterocycles. The molecule has 7 heteroatoms. The molecule has 0 aliphatic heterocycles. The van der Waals surface area contributed by atoms with E-state index >= 15 is 0 Å². The van der Waals surface area contributed by atoms with Crippen LogP contribution in [0, 0.1) is 4.77 Å². The predicted octanol–water partition coefficient (Wildman–Crippen LogP) is 2.93. The summed E-state index contributed by atoms with van der Waals surface area (Å²) in [6, 6.07) is 0. The first-order chi connectivity index (χ1) is 10.0. The minimum absolute atomic E-state index is 0.154. The van der Waals surface area contributed by atoms with Crippen LogP contribution in [0.4, 0.5) is 0 Å². The van der Waals surface area contributed by atoms with E-state index in [9.17, 15) is 4.79 Å². The maximum absolute atomic E-state index is 12.2. The monoisotopic (exact) mass is 344 g/mol. The Morgan fingerprint density at radius 1 is 1.27 bits per heavy atom. The fourth-order valence-corrected chi connectivity index (χ4v) is 2.92. The summed E-state index contributed by atoms with van der Waals surface area (Å²) >= 11 is 5.24. The van der Waals surface area contributed by atoms with Gasteiger partial charge in [0.2, 0.25) is 4.77 Å². The summed E-state index contributed by atoms with van der Waals surface area (Å²) in [4.78, 5) is 17.8. The van der Waals surface area contributed by atoms with Gasteiger partial charge in [-0.1, -0.05) is 27.7 Å². The topological polar surface area (TPSA) is 45.4 Å². The number of nitrogens with zero attached hydrogens (tertiary/aromatic N) is 2. The maximum Gasteiger partial charge on any atom is 0.290 e. The van der Waals surface area contributed by atoms with Crippen LogP contribution in [-0.2, 0) is 17.9 Å². The van der Waals surface area contributed by atoms with E-state index in [1.165, 1.54) is 4.73 Å². The Hall–Kier alpha value is -0.923. The van der Waals surface area contributed by atoms with Crippen LogP contribution >= 0.6 is 12.2 Å². The summed E-state index contributed by atoms with van der Waals surface area (Å²) in [6.45, 7) is 13.7. The van der Waals surface area contributed by atoms with Crippen LogP contribution in [0.15, 0.2) is 11.0 Å². The van der Waals surface area contributed by atoms with Gasteiger partial charge < -0.3 is 13.8 Å². The minimum Gasteiger partial charge on any atom is -0.413 e. The Balaban J connectivity index is 2.77. The molecule has 126 valence electrons. The maximum atomic E-state index is 12.2. The molecule has 0 aliphatic carbocycles. The lowest BCUT2D eigenvalue weighted by Gasteiger charge is -2.36. The van der Waals surface area contributed by atoms with Crippen molar-refractivity contribution < 1.29 is 9.26 Å². The van der Waals surface area contributed by atoms with Gasteiger partial charge in [-0.2, -0.15) is 0 Å². The first-order valence-corrected chi connectivity index (χ1v) is 10.9. The van der Waals surface area contributed by atoms with E-state index in [1.807, 2.05) is 14.0 Å². The van der Waals surface area contributed by atoms with E-state index in [1.54, 1.807) is 10.8 Å². The van der Waals surface area contributed by atoms with Crippen molar-refractivity contribution in [3.05, 3.63) is 26.9 Å². The number of rotatable bonds is 6. The van der Waals surface area contributed by atoms with Gasteiger partial charge in [0.05, 0.1) is 6.61 Å². The lowest BCUT2D eigenvalue weighted by molar-refractivity contribution is 0.0649. The average molecular weight is 345 g/mol. The largest absolute Gasteiger partial charge is 0.413 e. The zero-order chi connectivity index (χ0) is 17.1. The SMILES string of the molecule is CCc1cn(C)c(=S)n(OCCO[Si](C)(C)C(C)(C)C)c1=O. The van der Waals surface area contributed by atoms with Gasteiger partial charge in [0, 0.05) is 18.8 Å². The van der Waals surface area contributed by atoms with Crippen molar-refractivity contribution in [2.24, 2.45) is 7.05 Å². The average Bonchev–Trinajstić information content (AvgIpc) is 2.40. The van der Waals surface area contributed by atoms with Crippen molar-refractivity contribution in [3.63, 3.8) is 0 Å². The summed E-state index contributed by atoms with van der Waals surface area (Å²) in [5, 5.41) is 0.154. The lowest BCUT2D eigenvalue weighted by Crippen LogP contribution is -2.42. The molecular formula is C15H28N2O3SSi. The summed E-state index contributed by atoms with van der Waals surface area (Å²) < 4.78 is 9.32. The van der Waals surface area contributed by atoms with Gasteiger partial charge >= 0.3 is 0 Å². The molecule has 1 aromatic heterocycles. The van der Waals surface area contributed by atoms with Gasteiger partial charge in [-0.3, -0.25) is 4.79 Å². The molecule has 1 aromatic rings. The highest BCUT2D eigenvalue weighted by Crippen LogP contribution is 2.36. The molecule has 0 unspecified atom stereocenters. The third-order valence-electron chi connectivity index (χ3n) is 4.24. The van der Waals surface area contributed by atoms with Crippen LogP contribution in [0.3, 0.4) is 0 Å². The van der Waals surface area contributed by atoms with E-state index in [4.69, 9.17) is 21.5 Å². The van der Waals surface area contributed by atoms with Crippen molar-refractivity contribution in [2.45, 2.75) is 52.2 Å². The lowest BCUT2D eigenvalue weighted by atomic mass is 10.2. The zero-order valence-electron chi connectivity index (χ0n) is 14.7. The molecule has 0 saturated carbocycles. The fraction of sp³-hybridized carbons (Fsp3) is 0.733. The second-order valence-corrected chi connectivity index (χ2v) is 12.1. The van der Waals surface area contributed by atoms with Crippen molar-refractivity contribution in [1.82, 2.24) is 9.30 Å². The molecule has 0 amide bonds. The molecule has 1 rings (SSSR count). The normalized spacial score (nSPS) is 12.5. The van der Waals surface area contributed by atoms with Crippen LogP contribution in [-0.4, -0.2) is 30.8 Å². The van der Waals surface area contributed by atoms with Crippen molar-refractivity contribution in [2.75, 3.05) is 13.2 Å². The standard InChI is InChI=1S/C15H28N2O3SSi/c1-8-12-11-16(5)14(21)17(13(12)18)19-9-10-20-22(6,7)15(2,3)4/h11H,8-10H2,1-7H3. The van der Waals surface area contributed by atoms with Crippen molar-refractivity contribution in [1.29, 1.82) is 0 Å². The van der Waals surface area contributed by atoms with Gasteiger partial charge in [-0.25, -0.2) is 0 Å². The van der Waals surface area contributed by atoms with Crippen LogP contribution in [0.25, 0.3) is 0 Å². The number of hydrogen-bond donors (Lipinski definition) is 0. The molecule has 0 bridgehead atoms. The highest BCUT2D eigenvalue weighted by molar-refractivity contribution is 7.71. The highest BCUT2D eigenvalue weighted by Gasteiger charge is 2.36. The number of aryl methyl sites for hydroxylation is 2. The predicted molar refractivity (Wildman–Crippen MR) is 94.5 cm³/mol. The van der Waals surface area contributed by atoms with E-state index in [0.29, 0.717) is 30.0 Å². The minimum atomic E-state index is -1.80. The summed E-state index contributed by atoms with van der Waals surface area (Å²) in [5.41, 5.74) is 0.499. The molecular weight excluding hydrogens is 316 g/mol. The van der Waals surface area contributed by atoms with Crippen LogP contribution in [0.2, 0.25) is 18.1 Å². The summed E-state index contributed by atoms with van der Waals surface area (Å²) in [7, 11) is 0.0148. The van der Waals surface area contributed by atoms with E-state index < -0.39 is 8.32 Å². The molecule has 5 nitrogen and oxygen atoms in total. The van der Waals surface area contributed by atoms with Crippen molar-refractivity contribution in [3.8, 4) is 0 Å². The van der Waals surface area contributed by atoms with E-state index in [-0.39, 0.29) is 10.6 Å². The molecule has 22 heavy (non-hydrogen) atoms. The van der Waals surface area contributed by atoms with Crippen LogP contribution in [0.1, 0.15) is 33.3 Å². The van der Waals surface area contributed by atoms with Crippen LogP contribution in [0.5, 0.6) is 0 Å². The number of aromatic nitrogens is 2. The molecule has 0 atom stereocenters. The van der Waals surface area contributed by atoms with E-state index in [0.717, 1.165) is 0 Å². The molecule has 0 aliphatic rings. The molecule has 0 spiro atoms. The van der Waals surface area contributed by atoms with Gasteiger partial charge in [0.15, 0.2) is 8.32 Å². The second kappa shape index (κ2) is 7.10. The molecule has 0 fully saturated rings. The van der Waals surface area contributed by atoms with Gasteiger partial charge in [-0.15, -0.1) is 4.73 Å². The third kappa shape index (κ3) is 4.30. The Morgan fingerprint density at radius 2 is 1.86 bits per heavy atom. The Labute approximate surface area is 139 Å².